The topological polar surface area (TPSA) is 70.9 Å². The second-order valence-electron chi connectivity index (χ2n) is 6.98. The summed E-state index contributed by atoms with van der Waals surface area (Å²) < 4.78 is 7.08. The van der Waals surface area contributed by atoms with E-state index >= 15 is 0 Å². The maximum atomic E-state index is 12.3. The highest BCUT2D eigenvalue weighted by Gasteiger charge is 2.09. The summed E-state index contributed by atoms with van der Waals surface area (Å²) in [5.41, 5.74) is 4.68. The molecule has 0 atom stereocenters. The molecule has 32 heavy (non-hydrogen) atoms. The zero-order valence-electron chi connectivity index (χ0n) is 16.8. The predicted octanol–water partition coefficient (Wildman–Crippen LogP) is 6.30. The Labute approximate surface area is 198 Å². The van der Waals surface area contributed by atoms with E-state index in [-0.39, 0.29) is 10.8 Å². The fraction of sp³-hybridized carbons (Fsp3) is 0.0400. The Morgan fingerprint density at radius 2 is 1.78 bits per heavy atom. The molecule has 5 nitrogen and oxygen atoms in total. The number of halogens is 2. The summed E-state index contributed by atoms with van der Waals surface area (Å²) in [5.74, 6) is 0.256. The molecule has 0 unspecified atom stereocenters. The minimum Gasteiger partial charge on any atom is -0.506 e. The van der Waals surface area contributed by atoms with E-state index in [1.807, 2.05) is 60.7 Å². The van der Waals surface area contributed by atoms with Crippen molar-refractivity contribution in [2.24, 2.45) is 5.10 Å². The molecule has 0 saturated heterocycles. The third-order valence-corrected chi connectivity index (χ3v) is 5.64. The van der Waals surface area contributed by atoms with Crippen molar-refractivity contribution in [3.05, 3.63) is 105 Å². The summed E-state index contributed by atoms with van der Waals surface area (Å²) in [6.45, 7) is 0.454. The average Bonchev–Trinajstić information content (AvgIpc) is 2.81. The number of ether oxygens (including phenoxy) is 1. The van der Waals surface area contributed by atoms with Gasteiger partial charge in [-0.1, -0.05) is 63.9 Å². The molecule has 4 rings (SSSR count). The van der Waals surface area contributed by atoms with Gasteiger partial charge in [-0.05, 0) is 53.4 Å². The lowest BCUT2D eigenvalue weighted by Gasteiger charge is -2.11. The SMILES string of the molecule is O=C(NN=Cc1ccc(OCc2ccc(Br)cc2)c2ccccc12)c1ccc(O)c(Cl)c1. The lowest BCUT2D eigenvalue weighted by Crippen LogP contribution is -2.17. The van der Waals surface area contributed by atoms with Crippen molar-refractivity contribution in [2.75, 3.05) is 0 Å². The number of phenols is 1. The van der Waals surface area contributed by atoms with E-state index in [1.54, 1.807) is 6.21 Å². The molecule has 4 aromatic rings. The fourth-order valence-electron chi connectivity index (χ4n) is 3.15. The van der Waals surface area contributed by atoms with Gasteiger partial charge in [-0.2, -0.15) is 5.10 Å². The second-order valence-corrected chi connectivity index (χ2v) is 8.30. The first kappa shape index (κ1) is 21.9. The Bertz CT molecular complexity index is 1310. The summed E-state index contributed by atoms with van der Waals surface area (Å²) >= 11 is 9.29. The quantitative estimate of drug-likeness (QED) is 0.236. The fourth-order valence-corrected chi connectivity index (χ4v) is 3.59. The highest BCUT2D eigenvalue weighted by molar-refractivity contribution is 9.10. The molecule has 0 spiro atoms. The number of rotatable bonds is 6. The molecule has 7 heteroatoms. The maximum absolute atomic E-state index is 12.3. The van der Waals surface area contributed by atoms with E-state index in [1.165, 1.54) is 18.2 Å². The first-order chi connectivity index (χ1) is 15.5. The smallest absolute Gasteiger partial charge is 0.271 e. The molecule has 0 fully saturated rings. The van der Waals surface area contributed by atoms with Crippen molar-refractivity contribution in [1.82, 2.24) is 5.43 Å². The van der Waals surface area contributed by atoms with Crippen molar-refractivity contribution in [2.45, 2.75) is 6.61 Å². The molecule has 160 valence electrons. The summed E-state index contributed by atoms with van der Waals surface area (Å²) in [7, 11) is 0. The number of carbonyl (C=O) groups excluding carboxylic acids is 1. The normalized spacial score (nSPS) is 11.1. The molecular formula is C25H18BrClN2O3. The van der Waals surface area contributed by atoms with Crippen molar-refractivity contribution in [3.63, 3.8) is 0 Å². The van der Waals surface area contributed by atoms with Crippen molar-refractivity contribution < 1.29 is 14.6 Å². The van der Waals surface area contributed by atoms with Gasteiger partial charge in [0, 0.05) is 21.0 Å². The number of nitrogens with zero attached hydrogens (tertiary/aromatic N) is 1. The van der Waals surface area contributed by atoms with Crippen LogP contribution in [0.25, 0.3) is 10.8 Å². The third-order valence-electron chi connectivity index (χ3n) is 4.80. The predicted molar refractivity (Wildman–Crippen MR) is 131 cm³/mol. The summed E-state index contributed by atoms with van der Waals surface area (Å²) in [5, 5.41) is 15.6. The number of hydrazone groups is 1. The number of benzene rings is 4. The van der Waals surface area contributed by atoms with Crippen molar-refractivity contribution in [1.29, 1.82) is 0 Å². The molecular weight excluding hydrogens is 492 g/mol. The van der Waals surface area contributed by atoms with Gasteiger partial charge in [0.05, 0.1) is 11.2 Å². The zero-order valence-corrected chi connectivity index (χ0v) is 19.1. The Hall–Kier alpha value is -3.35. The van der Waals surface area contributed by atoms with E-state index < -0.39 is 5.91 Å². The Kier molecular flexibility index (Phi) is 6.73. The minimum atomic E-state index is -0.429. The van der Waals surface area contributed by atoms with Gasteiger partial charge in [-0.15, -0.1) is 0 Å². The molecule has 0 aliphatic heterocycles. The molecule has 0 heterocycles. The number of nitrogens with one attached hydrogen (secondary N) is 1. The van der Waals surface area contributed by atoms with Crippen LogP contribution in [0.15, 0.2) is 88.4 Å². The van der Waals surface area contributed by atoms with E-state index in [4.69, 9.17) is 16.3 Å². The second kappa shape index (κ2) is 9.85. The molecule has 4 aromatic carbocycles. The van der Waals surface area contributed by atoms with Crippen LogP contribution in [-0.2, 0) is 6.61 Å². The first-order valence-electron chi connectivity index (χ1n) is 9.72. The van der Waals surface area contributed by atoms with Gasteiger partial charge in [0.25, 0.3) is 5.91 Å². The number of carbonyl (C=O) groups is 1. The zero-order chi connectivity index (χ0) is 22.5. The highest BCUT2D eigenvalue weighted by Crippen LogP contribution is 2.29. The highest BCUT2D eigenvalue weighted by atomic mass is 79.9. The number of hydrogen-bond donors (Lipinski definition) is 2. The summed E-state index contributed by atoms with van der Waals surface area (Å²) in [6.07, 6.45) is 1.58. The third kappa shape index (κ3) is 5.10. The van der Waals surface area contributed by atoms with Crippen LogP contribution in [0.4, 0.5) is 0 Å². The van der Waals surface area contributed by atoms with E-state index in [0.717, 1.165) is 32.1 Å². The summed E-state index contributed by atoms with van der Waals surface area (Å²) in [4.78, 5) is 12.3. The van der Waals surface area contributed by atoms with Gasteiger partial charge >= 0.3 is 0 Å². The van der Waals surface area contributed by atoms with E-state index in [9.17, 15) is 9.90 Å². The molecule has 0 aliphatic carbocycles. The van der Waals surface area contributed by atoms with Gasteiger partial charge in [-0.25, -0.2) is 5.43 Å². The number of amides is 1. The van der Waals surface area contributed by atoms with Crippen LogP contribution in [0.5, 0.6) is 11.5 Å². The van der Waals surface area contributed by atoms with Gasteiger partial charge < -0.3 is 9.84 Å². The standard InChI is InChI=1S/C25H18BrClN2O3/c26-19-9-5-16(6-10-19)15-32-24-12-8-18(20-3-1-2-4-21(20)24)14-28-29-25(31)17-7-11-23(30)22(27)13-17/h1-14,30H,15H2,(H,29,31). The van der Waals surface area contributed by atoms with Crippen LogP contribution in [0, 0.1) is 0 Å². The molecule has 0 aromatic heterocycles. The number of phenolic OH excluding ortho intramolecular Hbond substituents is 1. The van der Waals surface area contributed by atoms with Crippen LogP contribution in [0.1, 0.15) is 21.5 Å². The van der Waals surface area contributed by atoms with Crippen LogP contribution in [0.2, 0.25) is 5.02 Å². The van der Waals surface area contributed by atoms with Crippen LogP contribution >= 0.6 is 27.5 Å². The van der Waals surface area contributed by atoms with Gasteiger partial charge in [0.1, 0.15) is 18.1 Å². The lowest BCUT2D eigenvalue weighted by atomic mass is 10.0. The van der Waals surface area contributed by atoms with Gasteiger partial charge in [0.2, 0.25) is 0 Å². The van der Waals surface area contributed by atoms with E-state index in [0.29, 0.717) is 12.2 Å². The molecule has 0 saturated carbocycles. The first-order valence-corrected chi connectivity index (χ1v) is 10.9. The number of hydrogen-bond acceptors (Lipinski definition) is 4. The van der Waals surface area contributed by atoms with Gasteiger partial charge in [-0.3, -0.25) is 4.79 Å². The Morgan fingerprint density at radius 3 is 2.53 bits per heavy atom. The molecule has 0 aliphatic rings. The molecule has 0 radical (unpaired) electrons. The molecule has 0 bridgehead atoms. The molecule has 2 N–H and O–H groups in total. The van der Waals surface area contributed by atoms with Crippen LogP contribution in [0.3, 0.4) is 0 Å². The largest absolute Gasteiger partial charge is 0.506 e. The average molecular weight is 510 g/mol. The Balaban J connectivity index is 1.50. The van der Waals surface area contributed by atoms with Crippen molar-refractivity contribution in [3.8, 4) is 11.5 Å². The minimum absolute atomic E-state index is 0.0827. The number of aromatic hydroxyl groups is 1. The van der Waals surface area contributed by atoms with E-state index in [2.05, 4.69) is 26.5 Å². The van der Waals surface area contributed by atoms with Crippen LogP contribution < -0.4 is 10.2 Å². The summed E-state index contributed by atoms with van der Waals surface area (Å²) in [6, 6.07) is 23.8. The monoisotopic (exact) mass is 508 g/mol. The number of fused-ring (bicyclic) bond motifs is 1. The Morgan fingerprint density at radius 1 is 1.03 bits per heavy atom. The molecule has 1 amide bonds. The van der Waals surface area contributed by atoms with Crippen LogP contribution in [-0.4, -0.2) is 17.2 Å². The van der Waals surface area contributed by atoms with Gasteiger partial charge in [0.15, 0.2) is 0 Å². The maximum Gasteiger partial charge on any atom is 0.271 e. The lowest BCUT2D eigenvalue weighted by molar-refractivity contribution is 0.0955. The van der Waals surface area contributed by atoms with Crippen molar-refractivity contribution >= 4 is 50.4 Å².